The van der Waals surface area contributed by atoms with Gasteiger partial charge in [-0.2, -0.15) is 0 Å². The number of hydrogen-bond acceptors (Lipinski definition) is 7. The Hall–Kier alpha value is -2.85. The summed E-state index contributed by atoms with van der Waals surface area (Å²) < 4.78 is 25.2. The molecule has 136 valence electrons. The molecule has 1 aromatic carbocycles. The molecule has 0 bridgehead atoms. The van der Waals surface area contributed by atoms with Crippen LogP contribution in [-0.2, 0) is 5.66 Å². The molecule has 1 atom stereocenters. The molecular formula is C16H15BrFN5O3. The number of hydrogen-bond donors (Lipinski definition) is 4. The van der Waals surface area contributed by atoms with Crippen molar-refractivity contribution in [3.8, 4) is 5.75 Å². The number of nitrogens with zero attached hydrogens (tertiary/aromatic N) is 1. The number of nitrogens with two attached hydrogens (primary N) is 2. The summed E-state index contributed by atoms with van der Waals surface area (Å²) in [6.07, 6.45) is 1.03. The van der Waals surface area contributed by atoms with E-state index in [2.05, 4.69) is 31.6 Å². The van der Waals surface area contributed by atoms with Crippen LogP contribution in [0.3, 0.4) is 0 Å². The molecule has 10 heteroatoms. The van der Waals surface area contributed by atoms with Gasteiger partial charge in [-0.25, -0.2) is 9.38 Å². The molecule has 26 heavy (non-hydrogen) atoms. The van der Waals surface area contributed by atoms with E-state index in [1.165, 1.54) is 25.3 Å². The number of halogens is 2. The highest BCUT2D eigenvalue weighted by atomic mass is 79.9. The Labute approximate surface area is 156 Å². The zero-order valence-corrected chi connectivity index (χ0v) is 15.1. The number of carbonyl (C=O) groups excluding carboxylic acids is 1. The van der Waals surface area contributed by atoms with Crippen LogP contribution in [-0.4, -0.2) is 19.0 Å². The van der Waals surface area contributed by atoms with E-state index in [0.717, 1.165) is 6.20 Å². The van der Waals surface area contributed by atoms with Crippen molar-refractivity contribution in [2.24, 2.45) is 16.5 Å². The van der Waals surface area contributed by atoms with Crippen LogP contribution in [0, 0.1) is 0 Å². The van der Waals surface area contributed by atoms with Gasteiger partial charge in [-0.1, -0.05) is 6.07 Å². The van der Waals surface area contributed by atoms with Crippen LogP contribution in [0.4, 0.5) is 10.1 Å². The van der Waals surface area contributed by atoms with E-state index in [4.69, 9.17) is 20.6 Å². The Morgan fingerprint density at radius 3 is 2.85 bits per heavy atom. The first-order chi connectivity index (χ1) is 12.3. The van der Waals surface area contributed by atoms with Gasteiger partial charge in [0, 0.05) is 11.8 Å². The third-order valence-electron chi connectivity index (χ3n) is 3.69. The summed E-state index contributed by atoms with van der Waals surface area (Å²) in [4.78, 5) is 16.3. The third-order valence-corrected chi connectivity index (χ3v) is 4.12. The number of furan rings is 1. The number of aliphatic imine (C=N–C) groups is 1. The Morgan fingerprint density at radius 1 is 1.42 bits per heavy atom. The summed E-state index contributed by atoms with van der Waals surface area (Å²) in [7, 11) is 1.44. The molecule has 0 radical (unpaired) electrons. The van der Waals surface area contributed by atoms with Gasteiger partial charge < -0.3 is 25.5 Å². The average molecular weight is 424 g/mol. The number of benzene rings is 1. The van der Waals surface area contributed by atoms with Crippen molar-refractivity contribution in [1.82, 2.24) is 5.32 Å². The standard InChI is InChI=1S/C16H15BrFN5O3/c1-25-10-3-2-8(16(20)12(18)7-21-15(19)23-16)6-9(10)22-14(24)11-4-5-13(17)26-11/h2-7H,20H2,1H3,(H,22,24)(H3,19,21,23). The van der Waals surface area contributed by atoms with Crippen LogP contribution < -0.4 is 26.8 Å². The number of amides is 1. The minimum atomic E-state index is -1.81. The predicted octanol–water partition coefficient (Wildman–Crippen LogP) is 2.14. The maximum absolute atomic E-state index is 14.3. The van der Waals surface area contributed by atoms with E-state index in [9.17, 15) is 9.18 Å². The van der Waals surface area contributed by atoms with Crippen LogP contribution >= 0.6 is 15.9 Å². The molecule has 1 amide bonds. The van der Waals surface area contributed by atoms with E-state index in [0.29, 0.717) is 10.4 Å². The number of rotatable bonds is 4. The van der Waals surface area contributed by atoms with Crippen LogP contribution in [0.5, 0.6) is 5.75 Å². The van der Waals surface area contributed by atoms with Crippen molar-refractivity contribution < 1.29 is 18.3 Å². The number of ether oxygens (including phenoxy) is 1. The second kappa shape index (κ2) is 6.81. The van der Waals surface area contributed by atoms with Crippen molar-refractivity contribution in [1.29, 1.82) is 0 Å². The largest absolute Gasteiger partial charge is 0.495 e. The molecule has 0 spiro atoms. The Bertz CT molecular complexity index is 926. The lowest BCUT2D eigenvalue weighted by atomic mass is 9.98. The minimum absolute atomic E-state index is 0.0317. The minimum Gasteiger partial charge on any atom is -0.495 e. The van der Waals surface area contributed by atoms with E-state index >= 15 is 0 Å². The first-order valence-electron chi connectivity index (χ1n) is 7.35. The molecule has 1 aliphatic heterocycles. The van der Waals surface area contributed by atoms with E-state index in [1.54, 1.807) is 12.1 Å². The predicted molar refractivity (Wildman–Crippen MR) is 97.2 cm³/mol. The fourth-order valence-corrected chi connectivity index (χ4v) is 2.69. The van der Waals surface area contributed by atoms with Crippen molar-refractivity contribution in [3.05, 3.63) is 58.4 Å². The highest BCUT2D eigenvalue weighted by Crippen LogP contribution is 2.35. The van der Waals surface area contributed by atoms with Gasteiger partial charge in [0.2, 0.25) is 0 Å². The molecule has 6 N–H and O–H groups in total. The molecule has 8 nitrogen and oxygen atoms in total. The molecule has 3 rings (SSSR count). The van der Waals surface area contributed by atoms with Crippen molar-refractivity contribution >= 4 is 33.5 Å². The summed E-state index contributed by atoms with van der Waals surface area (Å²) in [5, 5.41) is 5.09. The normalized spacial score (nSPS) is 19.2. The molecule has 1 aliphatic rings. The Morgan fingerprint density at radius 2 is 2.19 bits per heavy atom. The maximum atomic E-state index is 14.3. The quantitative estimate of drug-likeness (QED) is 0.596. The molecule has 0 saturated heterocycles. The van der Waals surface area contributed by atoms with Crippen LogP contribution in [0.1, 0.15) is 16.1 Å². The summed E-state index contributed by atoms with van der Waals surface area (Å²) in [6.45, 7) is 0. The molecule has 0 saturated carbocycles. The van der Waals surface area contributed by atoms with Crippen molar-refractivity contribution in [2.45, 2.75) is 5.66 Å². The number of methoxy groups -OCH3 is 1. The fraction of sp³-hybridized carbons (Fsp3) is 0.125. The van der Waals surface area contributed by atoms with Crippen molar-refractivity contribution in [2.75, 3.05) is 12.4 Å². The van der Waals surface area contributed by atoms with Crippen LogP contribution in [0.2, 0.25) is 0 Å². The lowest BCUT2D eigenvalue weighted by Crippen LogP contribution is -2.44. The summed E-state index contributed by atoms with van der Waals surface area (Å²) in [5.41, 5.74) is 10.4. The van der Waals surface area contributed by atoms with E-state index in [1.807, 2.05) is 0 Å². The lowest BCUT2D eigenvalue weighted by Gasteiger charge is -2.28. The molecule has 1 aromatic heterocycles. The number of anilines is 1. The second-order valence-electron chi connectivity index (χ2n) is 5.37. The molecular weight excluding hydrogens is 409 g/mol. The second-order valence-corrected chi connectivity index (χ2v) is 6.15. The van der Waals surface area contributed by atoms with Gasteiger partial charge in [-0.3, -0.25) is 10.5 Å². The van der Waals surface area contributed by atoms with Gasteiger partial charge in [0.1, 0.15) is 5.75 Å². The van der Waals surface area contributed by atoms with Gasteiger partial charge >= 0.3 is 0 Å². The smallest absolute Gasteiger partial charge is 0.291 e. The Kier molecular flexibility index (Phi) is 4.70. The number of nitrogens with one attached hydrogen (secondary N) is 2. The number of guanidine groups is 1. The zero-order chi connectivity index (χ0) is 18.9. The summed E-state index contributed by atoms with van der Waals surface area (Å²) in [6, 6.07) is 7.63. The Balaban J connectivity index is 1.98. The topological polar surface area (TPSA) is 128 Å². The third kappa shape index (κ3) is 3.28. The van der Waals surface area contributed by atoms with Gasteiger partial charge in [-0.15, -0.1) is 0 Å². The highest BCUT2D eigenvalue weighted by molar-refractivity contribution is 9.10. The van der Waals surface area contributed by atoms with Crippen molar-refractivity contribution in [3.63, 3.8) is 0 Å². The van der Waals surface area contributed by atoms with Gasteiger partial charge in [-0.05, 0) is 40.2 Å². The summed E-state index contributed by atoms with van der Waals surface area (Å²) in [5.74, 6) is -0.838. The van der Waals surface area contributed by atoms with Gasteiger partial charge in [0.25, 0.3) is 5.91 Å². The highest BCUT2D eigenvalue weighted by Gasteiger charge is 2.36. The first kappa shape index (κ1) is 18.0. The first-order valence-corrected chi connectivity index (χ1v) is 8.15. The molecule has 0 aliphatic carbocycles. The molecule has 0 fully saturated rings. The average Bonchev–Trinajstić information content (AvgIpc) is 3.05. The monoisotopic (exact) mass is 423 g/mol. The maximum Gasteiger partial charge on any atom is 0.291 e. The summed E-state index contributed by atoms with van der Waals surface area (Å²) >= 11 is 3.13. The fourth-order valence-electron chi connectivity index (χ4n) is 2.39. The van der Waals surface area contributed by atoms with Crippen LogP contribution in [0.15, 0.2) is 56.4 Å². The van der Waals surface area contributed by atoms with Gasteiger partial charge in [0.05, 0.1) is 12.8 Å². The lowest BCUT2D eigenvalue weighted by molar-refractivity contribution is 0.0995. The van der Waals surface area contributed by atoms with Crippen LogP contribution in [0.25, 0.3) is 0 Å². The van der Waals surface area contributed by atoms with E-state index < -0.39 is 17.4 Å². The molecule has 2 heterocycles. The zero-order valence-electron chi connectivity index (χ0n) is 13.5. The SMILES string of the molecule is COc1ccc(C2(N)N=C(N)NC=C2F)cc1NC(=O)c1ccc(Br)o1. The molecule has 2 aromatic rings. The van der Waals surface area contributed by atoms with Gasteiger partial charge in [0.15, 0.2) is 27.9 Å². The molecule has 1 unspecified atom stereocenters. The van der Waals surface area contributed by atoms with E-state index in [-0.39, 0.29) is 23.0 Å². The number of carbonyl (C=O) groups is 1.